The van der Waals surface area contributed by atoms with Gasteiger partial charge in [-0.05, 0) is 46.1 Å². The van der Waals surface area contributed by atoms with Gasteiger partial charge in [-0.15, -0.1) is 0 Å². The molecule has 0 saturated carbocycles. The average Bonchev–Trinajstić information content (AvgIpc) is 2.72. The van der Waals surface area contributed by atoms with Crippen LogP contribution in [0.4, 0.5) is 0 Å². The second-order valence-corrected chi connectivity index (χ2v) is 7.62. The van der Waals surface area contributed by atoms with Gasteiger partial charge in [0.25, 0.3) is 0 Å². The first-order valence-electron chi connectivity index (χ1n) is 10.0. The van der Waals surface area contributed by atoms with Gasteiger partial charge in [-0.3, -0.25) is 4.79 Å². The van der Waals surface area contributed by atoms with Crippen molar-refractivity contribution in [3.8, 4) is 17.2 Å². The summed E-state index contributed by atoms with van der Waals surface area (Å²) < 4.78 is 26.7. The summed E-state index contributed by atoms with van der Waals surface area (Å²) in [4.78, 5) is 37.1. The number of hydrogen-bond donors (Lipinski definition) is 0. The Morgan fingerprint density at radius 1 is 0.806 bits per heavy atom. The van der Waals surface area contributed by atoms with Gasteiger partial charge in [-0.25, -0.2) is 9.59 Å². The molecule has 0 aliphatic heterocycles. The Kier molecular flexibility index (Phi) is 8.53. The van der Waals surface area contributed by atoms with Gasteiger partial charge in [0.05, 0.1) is 5.41 Å². The third-order valence-corrected chi connectivity index (χ3v) is 4.02. The van der Waals surface area contributed by atoms with Crippen LogP contribution < -0.4 is 14.2 Å². The number of benzene rings is 2. The summed E-state index contributed by atoms with van der Waals surface area (Å²) >= 11 is 0. The van der Waals surface area contributed by atoms with Crippen molar-refractivity contribution in [3.63, 3.8) is 0 Å². The number of hydrogen-bond acceptors (Lipinski definition) is 8. The smallest absolute Gasteiger partial charge is 0.337 e. The molecule has 0 saturated heterocycles. The SMILES string of the molecule is CCOCC(=O)Oc1cc2ccccc2c(OC(=O)C(C)(C)C)c1OC(=O)COCC. The van der Waals surface area contributed by atoms with Gasteiger partial charge in [0.2, 0.25) is 5.75 Å². The molecule has 2 rings (SSSR count). The second-order valence-electron chi connectivity index (χ2n) is 7.62. The van der Waals surface area contributed by atoms with Gasteiger partial charge >= 0.3 is 17.9 Å². The Morgan fingerprint density at radius 2 is 1.39 bits per heavy atom. The maximum Gasteiger partial charge on any atom is 0.337 e. The molecule has 8 heteroatoms. The minimum atomic E-state index is -0.824. The molecule has 168 valence electrons. The number of rotatable bonds is 9. The molecule has 31 heavy (non-hydrogen) atoms. The van der Waals surface area contributed by atoms with Crippen LogP contribution in [0.5, 0.6) is 17.2 Å². The van der Waals surface area contributed by atoms with Gasteiger partial charge in [0.1, 0.15) is 13.2 Å². The number of carbonyl (C=O) groups is 3. The van der Waals surface area contributed by atoms with E-state index in [4.69, 9.17) is 23.7 Å². The first kappa shape index (κ1) is 24.3. The van der Waals surface area contributed by atoms with Gasteiger partial charge in [-0.1, -0.05) is 24.3 Å². The standard InChI is InChI=1S/C23H28O8/c1-6-27-13-18(24)29-17-12-15-10-8-9-11-16(15)20(31-22(26)23(3,4)5)21(17)30-19(25)14-28-7-2/h8-12H,6-7,13-14H2,1-5H3. The summed E-state index contributed by atoms with van der Waals surface area (Å²) in [5.74, 6) is -2.21. The van der Waals surface area contributed by atoms with E-state index in [0.29, 0.717) is 24.0 Å². The minimum Gasteiger partial charge on any atom is -0.421 e. The van der Waals surface area contributed by atoms with E-state index in [1.54, 1.807) is 58.9 Å². The van der Waals surface area contributed by atoms with E-state index in [0.717, 1.165) is 0 Å². The molecule has 8 nitrogen and oxygen atoms in total. The van der Waals surface area contributed by atoms with E-state index in [1.807, 2.05) is 0 Å². The van der Waals surface area contributed by atoms with E-state index >= 15 is 0 Å². The highest BCUT2D eigenvalue weighted by Crippen LogP contribution is 2.44. The molecular weight excluding hydrogens is 404 g/mol. The van der Waals surface area contributed by atoms with E-state index < -0.39 is 23.3 Å². The first-order chi connectivity index (χ1) is 14.7. The largest absolute Gasteiger partial charge is 0.421 e. The van der Waals surface area contributed by atoms with Crippen LogP contribution in [0.3, 0.4) is 0 Å². The van der Waals surface area contributed by atoms with Gasteiger partial charge in [-0.2, -0.15) is 0 Å². The van der Waals surface area contributed by atoms with Crippen LogP contribution in [-0.4, -0.2) is 44.3 Å². The lowest BCUT2D eigenvalue weighted by Crippen LogP contribution is -2.26. The molecule has 0 N–H and O–H groups in total. The van der Waals surface area contributed by atoms with Crippen LogP contribution in [0, 0.1) is 5.41 Å². The highest BCUT2D eigenvalue weighted by atomic mass is 16.6. The zero-order valence-electron chi connectivity index (χ0n) is 18.5. The summed E-state index contributed by atoms with van der Waals surface area (Å²) in [5.41, 5.74) is -0.824. The Hall–Kier alpha value is -2.97. The van der Waals surface area contributed by atoms with Crippen LogP contribution in [-0.2, 0) is 23.9 Å². The fraction of sp³-hybridized carbons (Fsp3) is 0.435. The van der Waals surface area contributed by atoms with E-state index in [1.165, 1.54) is 6.07 Å². The quantitative estimate of drug-likeness (QED) is 0.437. The zero-order chi connectivity index (χ0) is 23.0. The molecule has 0 heterocycles. The number of ether oxygens (including phenoxy) is 5. The molecule has 0 amide bonds. The molecule has 0 aromatic heterocycles. The minimum absolute atomic E-state index is 0.0120. The Labute approximate surface area is 181 Å². The molecule has 0 fully saturated rings. The Bertz CT molecular complexity index is 942. The zero-order valence-corrected chi connectivity index (χ0v) is 18.5. The highest BCUT2D eigenvalue weighted by Gasteiger charge is 2.29. The molecule has 0 atom stereocenters. The van der Waals surface area contributed by atoms with Crippen molar-refractivity contribution in [1.29, 1.82) is 0 Å². The summed E-state index contributed by atoms with van der Waals surface area (Å²) in [6, 6.07) is 8.55. The van der Waals surface area contributed by atoms with E-state index in [-0.39, 0.29) is 30.5 Å². The first-order valence-corrected chi connectivity index (χ1v) is 10.0. The topological polar surface area (TPSA) is 97.4 Å². The maximum absolute atomic E-state index is 12.6. The molecule has 2 aromatic rings. The Balaban J connectivity index is 2.59. The van der Waals surface area contributed by atoms with Crippen LogP contribution >= 0.6 is 0 Å². The van der Waals surface area contributed by atoms with Crippen molar-refractivity contribution in [2.24, 2.45) is 5.41 Å². The van der Waals surface area contributed by atoms with Gasteiger partial charge < -0.3 is 23.7 Å². The lowest BCUT2D eigenvalue weighted by atomic mass is 9.97. The second kappa shape index (κ2) is 10.9. The summed E-state index contributed by atoms with van der Waals surface area (Å²) in [6.07, 6.45) is 0. The fourth-order valence-electron chi connectivity index (χ4n) is 2.46. The molecule has 0 aliphatic rings. The van der Waals surface area contributed by atoms with Crippen molar-refractivity contribution in [2.75, 3.05) is 26.4 Å². The van der Waals surface area contributed by atoms with Crippen molar-refractivity contribution in [1.82, 2.24) is 0 Å². The summed E-state index contributed by atoms with van der Waals surface area (Å²) in [6.45, 7) is 8.62. The molecule has 2 aromatic carbocycles. The molecule has 0 aliphatic carbocycles. The van der Waals surface area contributed by atoms with E-state index in [2.05, 4.69) is 0 Å². The molecule has 0 spiro atoms. The lowest BCUT2D eigenvalue weighted by Gasteiger charge is -2.21. The highest BCUT2D eigenvalue weighted by molar-refractivity contribution is 5.97. The molecule has 0 radical (unpaired) electrons. The Morgan fingerprint density at radius 3 is 1.97 bits per heavy atom. The van der Waals surface area contributed by atoms with Crippen molar-refractivity contribution in [2.45, 2.75) is 34.6 Å². The lowest BCUT2D eigenvalue weighted by molar-refractivity contribution is -0.144. The number of fused-ring (bicyclic) bond motifs is 1. The van der Waals surface area contributed by atoms with Crippen LogP contribution in [0.2, 0.25) is 0 Å². The summed E-state index contributed by atoms with van der Waals surface area (Å²) in [7, 11) is 0. The van der Waals surface area contributed by atoms with E-state index in [9.17, 15) is 14.4 Å². The number of carbonyl (C=O) groups excluding carboxylic acids is 3. The molecule has 0 bridgehead atoms. The van der Waals surface area contributed by atoms with Crippen molar-refractivity contribution >= 4 is 28.7 Å². The number of esters is 3. The van der Waals surface area contributed by atoms with Gasteiger partial charge in [0, 0.05) is 18.6 Å². The van der Waals surface area contributed by atoms with Crippen molar-refractivity contribution in [3.05, 3.63) is 30.3 Å². The third-order valence-electron chi connectivity index (χ3n) is 4.02. The maximum atomic E-state index is 12.6. The van der Waals surface area contributed by atoms with Gasteiger partial charge in [0.15, 0.2) is 11.5 Å². The predicted octanol–water partition coefficient (Wildman–Crippen LogP) is 3.68. The van der Waals surface area contributed by atoms with Crippen molar-refractivity contribution < 1.29 is 38.1 Å². The van der Waals surface area contributed by atoms with Crippen LogP contribution in [0.25, 0.3) is 10.8 Å². The monoisotopic (exact) mass is 432 g/mol. The fourth-order valence-corrected chi connectivity index (χ4v) is 2.46. The predicted molar refractivity (Wildman–Crippen MR) is 113 cm³/mol. The third kappa shape index (κ3) is 6.77. The van der Waals surface area contributed by atoms with Crippen LogP contribution in [0.15, 0.2) is 30.3 Å². The normalized spacial score (nSPS) is 11.3. The van der Waals surface area contributed by atoms with Crippen LogP contribution in [0.1, 0.15) is 34.6 Å². The average molecular weight is 432 g/mol. The molecule has 0 unspecified atom stereocenters. The molecular formula is C23H28O8. The summed E-state index contributed by atoms with van der Waals surface area (Å²) in [5, 5.41) is 1.15.